The lowest BCUT2D eigenvalue weighted by atomic mass is 10.2. The summed E-state index contributed by atoms with van der Waals surface area (Å²) in [7, 11) is 0. The van der Waals surface area contributed by atoms with Crippen molar-refractivity contribution in [3.8, 4) is 0 Å². The van der Waals surface area contributed by atoms with Gasteiger partial charge in [0.25, 0.3) is 0 Å². The Morgan fingerprint density at radius 3 is 2.92 bits per heavy atom. The highest BCUT2D eigenvalue weighted by Crippen LogP contribution is 2.15. The van der Waals surface area contributed by atoms with Gasteiger partial charge in [0.05, 0.1) is 18.1 Å². The molecule has 0 amide bonds. The second-order valence-corrected chi connectivity index (χ2v) is 4.21. The van der Waals surface area contributed by atoms with Crippen LogP contribution in [0.3, 0.4) is 0 Å². The molecule has 0 unspecified atom stereocenters. The molecule has 0 saturated carbocycles. The van der Waals surface area contributed by atoms with Gasteiger partial charge >= 0.3 is 0 Å². The van der Waals surface area contributed by atoms with Crippen molar-refractivity contribution in [1.29, 1.82) is 0 Å². The number of aromatic nitrogens is 3. The highest BCUT2D eigenvalue weighted by Gasteiger charge is 2.05. The van der Waals surface area contributed by atoms with E-state index in [1.54, 1.807) is 10.7 Å². The normalized spacial score (nSPS) is 11.4. The minimum atomic E-state index is 0.445. The van der Waals surface area contributed by atoms with Crippen molar-refractivity contribution in [2.24, 2.45) is 0 Å². The van der Waals surface area contributed by atoms with Gasteiger partial charge in [0, 0.05) is 4.47 Å². The molecule has 13 heavy (non-hydrogen) atoms. The highest BCUT2D eigenvalue weighted by atomic mass is 79.9. The standard InChI is InChI=1S/C9H10BrN3/c1-6(2)8-5-13-9(12-8)3-7(10)4-11-13/h3-6H,1-2H3. The SMILES string of the molecule is CC(C)c1cn2ncc(Br)cc2n1. The van der Waals surface area contributed by atoms with Crippen molar-refractivity contribution < 1.29 is 0 Å². The Morgan fingerprint density at radius 1 is 1.46 bits per heavy atom. The fraction of sp³-hybridized carbons (Fsp3) is 0.333. The molecule has 0 bridgehead atoms. The summed E-state index contributed by atoms with van der Waals surface area (Å²) >= 11 is 3.36. The van der Waals surface area contributed by atoms with E-state index >= 15 is 0 Å². The predicted molar refractivity (Wildman–Crippen MR) is 54.8 cm³/mol. The van der Waals surface area contributed by atoms with Crippen LogP contribution in [0.1, 0.15) is 25.5 Å². The van der Waals surface area contributed by atoms with Crippen molar-refractivity contribution >= 4 is 21.6 Å². The van der Waals surface area contributed by atoms with E-state index in [1.165, 1.54) is 0 Å². The van der Waals surface area contributed by atoms with Gasteiger partial charge in [0.2, 0.25) is 0 Å². The first-order valence-electron chi connectivity index (χ1n) is 4.17. The molecule has 0 radical (unpaired) electrons. The summed E-state index contributed by atoms with van der Waals surface area (Å²) in [6.45, 7) is 4.24. The van der Waals surface area contributed by atoms with Gasteiger partial charge in [-0.25, -0.2) is 9.50 Å². The van der Waals surface area contributed by atoms with Crippen molar-refractivity contribution in [2.45, 2.75) is 19.8 Å². The van der Waals surface area contributed by atoms with Crippen LogP contribution in [0.4, 0.5) is 0 Å². The topological polar surface area (TPSA) is 30.2 Å². The molecule has 3 nitrogen and oxygen atoms in total. The van der Waals surface area contributed by atoms with E-state index in [9.17, 15) is 0 Å². The molecular formula is C9H10BrN3. The molecule has 2 heterocycles. The van der Waals surface area contributed by atoms with Crippen LogP contribution in [0.15, 0.2) is 22.9 Å². The van der Waals surface area contributed by atoms with Crippen molar-refractivity contribution in [3.63, 3.8) is 0 Å². The van der Waals surface area contributed by atoms with E-state index in [-0.39, 0.29) is 0 Å². The average molecular weight is 240 g/mol. The molecule has 0 atom stereocenters. The highest BCUT2D eigenvalue weighted by molar-refractivity contribution is 9.10. The Bertz CT molecular complexity index is 433. The average Bonchev–Trinajstić information content (AvgIpc) is 2.46. The first-order chi connectivity index (χ1) is 6.16. The maximum atomic E-state index is 4.44. The summed E-state index contributed by atoms with van der Waals surface area (Å²) in [5.74, 6) is 0.445. The molecule has 0 saturated heterocycles. The fourth-order valence-corrected chi connectivity index (χ4v) is 1.45. The van der Waals surface area contributed by atoms with Gasteiger partial charge in [0.15, 0.2) is 5.65 Å². The van der Waals surface area contributed by atoms with Crippen LogP contribution >= 0.6 is 15.9 Å². The van der Waals surface area contributed by atoms with Gasteiger partial charge in [0.1, 0.15) is 0 Å². The molecule has 2 aromatic heterocycles. The number of imidazole rings is 1. The minimum absolute atomic E-state index is 0.445. The summed E-state index contributed by atoms with van der Waals surface area (Å²) in [6.07, 6.45) is 3.73. The van der Waals surface area contributed by atoms with Crippen LogP contribution < -0.4 is 0 Å². The van der Waals surface area contributed by atoms with E-state index in [0.29, 0.717) is 5.92 Å². The molecule has 2 aromatic rings. The number of hydrogen-bond acceptors (Lipinski definition) is 2. The smallest absolute Gasteiger partial charge is 0.154 e. The lowest BCUT2D eigenvalue weighted by Crippen LogP contribution is -1.87. The third-order valence-electron chi connectivity index (χ3n) is 1.90. The lowest BCUT2D eigenvalue weighted by molar-refractivity contribution is 0.829. The Morgan fingerprint density at radius 2 is 2.23 bits per heavy atom. The summed E-state index contributed by atoms with van der Waals surface area (Å²) < 4.78 is 2.75. The molecule has 0 aliphatic heterocycles. The van der Waals surface area contributed by atoms with Crippen LogP contribution in [0.25, 0.3) is 5.65 Å². The van der Waals surface area contributed by atoms with E-state index in [0.717, 1.165) is 15.8 Å². The third kappa shape index (κ3) is 1.58. The molecule has 0 fully saturated rings. The maximum absolute atomic E-state index is 4.44. The van der Waals surface area contributed by atoms with E-state index in [1.807, 2.05) is 12.3 Å². The predicted octanol–water partition coefficient (Wildman–Crippen LogP) is 2.62. The molecule has 68 valence electrons. The molecule has 0 aliphatic carbocycles. The van der Waals surface area contributed by atoms with Gasteiger partial charge in [-0.15, -0.1) is 0 Å². The molecular weight excluding hydrogens is 230 g/mol. The van der Waals surface area contributed by atoms with Crippen molar-refractivity contribution in [1.82, 2.24) is 14.6 Å². The number of halogens is 1. The second kappa shape index (κ2) is 3.10. The van der Waals surface area contributed by atoms with Gasteiger partial charge in [-0.2, -0.15) is 5.10 Å². The fourth-order valence-electron chi connectivity index (χ4n) is 1.15. The van der Waals surface area contributed by atoms with E-state index in [2.05, 4.69) is 39.9 Å². The van der Waals surface area contributed by atoms with Gasteiger partial charge in [-0.05, 0) is 27.9 Å². The minimum Gasteiger partial charge on any atom is -0.232 e. The zero-order chi connectivity index (χ0) is 9.42. The van der Waals surface area contributed by atoms with E-state index in [4.69, 9.17) is 0 Å². The summed E-state index contributed by atoms with van der Waals surface area (Å²) in [4.78, 5) is 4.44. The van der Waals surface area contributed by atoms with Crippen LogP contribution in [0.2, 0.25) is 0 Å². The number of rotatable bonds is 1. The zero-order valence-electron chi connectivity index (χ0n) is 7.53. The number of hydrogen-bond donors (Lipinski definition) is 0. The zero-order valence-corrected chi connectivity index (χ0v) is 9.12. The first-order valence-corrected chi connectivity index (χ1v) is 4.97. The molecule has 0 aliphatic rings. The monoisotopic (exact) mass is 239 g/mol. The summed E-state index contributed by atoms with van der Waals surface area (Å²) in [6, 6.07) is 1.96. The molecule has 0 aromatic carbocycles. The van der Waals surface area contributed by atoms with Crippen molar-refractivity contribution in [2.75, 3.05) is 0 Å². The van der Waals surface area contributed by atoms with E-state index < -0.39 is 0 Å². The quantitative estimate of drug-likeness (QED) is 0.766. The second-order valence-electron chi connectivity index (χ2n) is 3.30. The van der Waals surface area contributed by atoms with Crippen LogP contribution in [0, 0.1) is 0 Å². The largest absolute Gasteiger partial charge is 0.232 e. The Kier molecular flexibility index (Phi) is 2.07. The van der Waals surface area contributed by atoms with Crippen LogP contribution in [-0.2, 0) is 0 Å². The summed E-state index contributed by atoms with van der Waals surface area (Å²) in [5, 5.41) is 4.19. The number of nitrogens with zero attached hydrogens (tertiary/aromatic N) is 3. The van der Waals surface area contributed by atoms with Crippen LogP contribution in [-0.4, -0.2) is 14.6 Å². The summed E-state index contributed by atoms with van der Waals surface area (Å²) in [5.41, 5.74) is 1.96. The third-order valence-corrected chi connectivity index (χ3v) is 2.33. The van der Waals surface area contributed by atoms with Gasteiger partial charge in [-0.1, -0.05) is 13.8 Å². The maximum Gasteiger partial charge on any atom is 0.154 e. The Labute approximate surface area is 84.9 Å². The van der Waals surface area contributed by atoms with Gasteiger partial charge < -0.3 is 0 Å². The van der Waals surface area contributed by atoms with Gasteiger partial charge in [-0.3, -0.25) is 0 Å². The van der Waals surface area contributed by atoms with Crippen molar-refractivity contribution in [3.05, 3.63) is 28.6 Å². The molecule has 4 heteroatoms. The molecule has 0 spiro atoms. The Balaban J connectivity index is 2.62. The lowest BCUT2D eigenvalue weighted by Gasteiger charge is -1.94. The molecule has 0 N–H and O–H groups in total. The first kappa shape index (κ1) is 8.69. The molecule has 2 rings (SSSR count). The van der Waals surface area contributed by atoms with Crippen LogP contribution in [0.5, 0.6) is 0 Å². The Hall–Kier alpha value is -0.900. The number of fused-ring (bicyclic) bond motifs is 1.